The number of rotatable bonds is 5. The molecule has 1 aromatic heterocycles. The number of carbonyl (C=O) groups is 2. The van der Waals surface area contributed by atoms with Crippen LogP contribution < -0.4 is 5.32 Å². The second kappa shape index (κ2) is 9.75. The van der Waals surface area contributed by atoms with Gasteiger partial charge in [-0.3, -0.25) is 0 Å². The highest BCUT2D eigenvalue weighted by atomic mass is 32.1. The molecule has 5 nitrogen and oxygen atoms in total. The number of nitrogens with zero attached hydrogens (tertiary/aromatic N) is 1. The Kier molecular flexibility index (Phi) is 6.79. The first kappa shape index (κ1) is 23.0. The van der Waals surface area contributed by atoms with Crippen LogP contribution in [0.15, 0.2) is 48.5 Å². The van der Waals surface area contributed by atoms with E-state index in [1.807, 2.05) is 0 Å². The van der Waals surface area contributed by atoms with Crippen molar-refractivity contribution in [1.29, 1.82) is 0 Å². The highest BCUT2D eigenvalue weighted by Crippen LogP contribution is 2.43. The molecular weight excluding hydrogens is 439 g/mol. The van der Waals surface area contributed by atoms with Crippen LogP contribution in [0.5, 0.6) is 0 Å². The normalized spacial score (nSPS) is 15.2. The minimum absolute atomic E-state index is 0.250. The van der Waals surface area contributed by atoms with Crippen LogP contribution in [-0.2, 0) is 17.6 Å². The number of aryl methyl sites for hydroxylation is 1. The third-order valence-electron chi connectivity index (χ3n) is 5.98. The number of carbonyl (C=O) groups excluding carboxylic acids is 2. The average Bonchev–Trinajstić information content (AvgIpc) is 3.14. The Bertz CT molecular complexity index is 1170. The van der Waals surface area contributed by atoms with Crippen molar-refractivity contribution in [1.82, 2.24) is 4.90 Å². The van der Waals surface area contributed by atoms with Crippen LogP contribution in [0, 0.1) is 12.7 Å². The average molecular weight is 467 g/mol. The van der Waals surface area contributed by atoms with E-state index in [0.717, 1.165) is 23.3 Å². The molecule has 0 aliphatic carbocycles. The summed E-state index contributed by atoms with van der Waals surface area (Å²) in [5, 5.41) is 2.91. The summed E-state index contributed by atoms with van der Waals surface area (Å²) in [6.45, 7) is 6.77. The molecule has 2 aromatic carbocycles. The summed E-state index contributed by atoms with van der Waals surface area (Å²) in [6, 6.07) is 12.5. The monoisotopic (exact) mass is 466 g/mol. The summed E-state index contributed by atoms with van der Waals surface area (Å²) in [7, 11) is 0. The molecule has 0 spiro atoms. The van der Waals surface area contributed by atoms with E-state index >= 15 is 0 Å². The molecule has 0 saturated carbocycles. The Balaban J connectivity index is 1.71. The zero-order valence-electron chi connectivity index (χ0n) is 19.0. The Morgan fingerprint density at radius 1 is 1.15 bits per heavy atom. The lowest BCUT2D eigenvalue weighted by Gasteiger charge is -2.36. The highest BCUT2D eigenvalue weighted by Gasteiger charge is 2.35. The number of hydrogen-bond acceptors (Lipinski definition) is 4. The number of amides is 2. The Hall–Kier alpha value is -3.19. The Morgan fingerprint density at radius 3 is 2.58 bits per heavy atom. The van der Waals surface area contributed by atoms with Crippen LogP contribution in [0.4, 0.5) is 14.9 Å². The van der Waals surface area contributed by atoms with E-state index in [2.05, 4.69) is 19.2 Å². The number of para-hydroxylation sites is 1. The lowest BCUT2D eigenvalue weighted by Crippen LogP contribution is -2.42. The minimum Gasteiger partial charge on any atom is -0.462 e. The first-order chi connectivity index (χ1) is 15.9. The van der Waals surface area contributed by atoms with Gasteiger partial charge < -0.3 is 15.0 Å². The minimum atomic E-state index is -0.481. The third-order valence-corrected chi connectivity index (χ3v) is 7.22. The molecule has 1 atom stereocenters. The lowest BCUT2D eigenvalue weighted by atomic mass is 9.92. The molecule has 33 heavy (non-hydrogen) atoms. The first-order valence-corrected chi connectivity index (χ1v) is 12.0. The molecule has 7 heteroatoms. The molecule has 0 fully saturated rings. The topological polar surface area (TPSA) is 58.6 Å². The van der Waals surface area contributed by atoms with Crippen molar-refractivity contribution in [2.45, 2.75) is 39.7 Å². The number of halogens is 1. The van der Waals surface area contributed by atoms with Crippen LogP contribution in [0.3, 0.4) is 0 Å². The summed E-state index contributed by atoms with van der Waals surface area (Å²) < 4.78 is 18.8. The zero-order valence-corrected chi connectivity index (χ0v) is 19.8. The molecule has 1 aliphatic rings. The van der Waals surface area contributed by atoms with Gasteiger partial charge in [0.05, 0.1) is 23.9 Å². The van der Waals surface area contributed by atoms with E-state index in [4.69, 9.17) is 4.74 Å². The number of benzene rings is 2. The largest absolute Gasteiger partial charge is 0.462 e. The Labute approximate surface area is 197 Å². The molecule has 0 unspecified atom stereocenters. The van der Waals surface area contributed by atoms with Crippen molar-refractivity contribution in [2.24, 2.45) is 0 Å². The fourth-order valence-corrected chi connectivity index (χ4v) is 5.91. The third kappa shape index (κ3) is 4.50. The van der Waals surface area contributed by atoms with Gasteiger partial charge in [0.1, 0.15) is 5.82 Å². The van der Waals surface area contributed by atoms with E-state index in [-0.39, 0.29) is 24.5 Å². The van der Waals surface area contributed by atoms with Crippen LogP contribution in [-0.4, -0.2) is 30.1 Å². The summed E-state index contributed by atoms with van der Waals surface area (Å²) >= 11 is 1.70. The van der Waals surface area contributed by atoms with Crippen molar-refractivity contribution in [2.75, 3.05) is 18.5 Å². The molecule has 0 bridgehead atoms. The SMILES string of the molecule is CCOC(=O)c1ccccc1NC(=O)N1CCc2c(sc(C)c2CC)[C@H]1c1ccc(F)cc1. The lowest BCUT2D eigenvalue weighted by molar-refractivity contribution is 0.0527. The molecule has 2 amide bonds. The number of anilines is 1. The van der Waals surface area contributed by atoms with Crippen LogP contribution in [0.2, 0.25) is 0 Å². The maximum atomic E-state index is 13.7. The molecule has 1 N–H and O–H groups in total. The van der Waals surface area contributed by atoms with Crippen molar-refractivity contribution in [3.05, 3.63) is 86.4 Å². The molecule has 1 aliphatic heterocycles. The van der Waals surface area contributed by atoms with Crippen LogP contribution in [0.25, 0.3) is 0 Å². The number of esters is 1. The number of hydrogen-bond donors (Lipinski definition) is 1. The van der Waals surface area contributed by atoms with E-state index < -0.39 is 5.97 Å². The first-order valence-electron chi connectivity index (χ1n) is 11.1. The zero-order chi connectivity index (χ0) is 23.5. The number of thiophene rings is 1. The molecule has 172 valence electrons. The van der Waals surface area contributed by atoms with Gasteiger partial charge in [0.25, 0.3) is 0 Å². The van der Waals surface area contributed by atoms with Crippen molar-refractivity contribution in [3.8, 4) is 0 Å². The van der Waals surface area contributed by atoms with Crippen molar-refractivity contribution in [3.63, 3.8) is 0 Å². The van der Waals surface area contributed by atoms with Crippen LogP contribution in [0.1, 0.15) is 56.7 Å². The number of urea groups is 1. The highest BCUT2D eigenvalue weighted by molar-refractivity contribution is 7.12. The fraction of sp³-hybridized carbons (Fsp3) is 0.308. The maximum Gasteiger partial charge on any atom is 0.340 e. The smallest absolute Gasteiger partial charge is 0.340 e. The van der Waals surface area contributed by atoms with Gasteiger partial charge in [-0.05, 0) is 67.6 Å². The van der Waals surface area contributed by atoms with Crippen molar-refractivity contribution >= 4 is 29.0 Å². The number of fused-ring (bicyclic) bond motifs is 1. The van der Waals surface area contributed by atoms with E-state index in [1.54, 1.807) is 59.6 Å². The standard InChI is InChI=1S/C26H27FN2O3S/c1-4-19-16(3)33-24-20(19)14-15-29(23(24)17-10-12-18(27)13-11-17)26(31)28-22-9-7-6-8-21(22)25(30)32-5-2/h6-13,23H,4-5,14-15H2,1-3H3,(H,28,31)/t23-/m1/s1. The van der Waals surface area contributed by atoms with E-state index in [0.29, 0.717) is 17.8 Å². The van der Waals surface area contributed by atoms with Gasteiger partial charge in [0.15, 0.2) is 0 Å². The molecular formula is C26H27FN2O3S. The molecule has 2 heterocycles. The molecule has 0 radical (unpaired) electrons. The van der Waals surface area contributed by atoms with Gasteiger partial charge in [0, 0.05) is 16.3 Å². The molecule has 4 rings (SSSR count). The molecule has 3 aromatic rings. The number of ether oxygens (including phenoxy) is 1. The predicted molar refractivity (Wildman–Crippen MR) is 129 cm³/mol. The second-order valence-corrected chi connectivity index (χ2v) is 9.18. The quantitative estimate of drug-likeness (QED) is 0.461. The predicted octanol–water partition coefficient (Wildman–Crippen LogP) is 6.11. The van der Waals surface area contributed by atoms with Gasteiger partial charge in [-0.1, -0.05) is 31.2 Å². The van der Waals surface area contributed by atoms with Gasteiger partial charge in [-0.25, -0.2) is 14.0 Å². The van der Waals surface area contributed by atoms with E-state index in [1.165, 1.54) is 28.1 Å². The number of nitrogens with one attached hydrogen (secondary N) is 1. The summed E-state index contributed by atoms with van der Waals surface area (Å²) in [5.41, 5.74) is 4.21. The summed E-state index contributed by atoms with van der Waals surface area (Å²) in [6.07, 6.45) is 1.69. The van der Waals surface area contributed by atoms with Crippen LogP contribution >= 0.6 is 11.3 Å². The summed E-state index contributed by atoms with van der Waals surface area (Å²) in [4.78, 5) is 30.0. The Morgan fingerprint density at radius 2 is 1.88 bits per heavy atom. The van der Waals surface area contributed by atoms with Gasteiger partial charge in [0.2, 0.25) is 0 Å². The van der Waals surface area contributed by atoms with E-state index in [9.17, 15) is 14.0 Å². The summed E-state index contributed by atoms with van der Waals surface area (Å²) in [5.74, 6) is -0.795. The maximum absolute atomic E-state index is 13.7. The van der Waals surface area contributed by atoms with Gasteiger partial charge in [-0.15, -0.1) is 11.3 Å². The molecule has 0 saturated heterocycles. The fourth-order valence-electron chi connectivity index (χ4n) is 4.47. The van der Waals surface area contributed by atoms with Gasteiger partial charge >= 0.3 is 12.0 Å². The van der Waals surface area contributed by atoms with Crippen molar-refractivity contribution < 1.29 is 18.7 Å². The second-order valence-electron chi connectivity index (χ2n) is 7.93. The van der Waals surface area contributed by atoms with Gasteiger partial charge in [-0.2, -0.15) is 0 Å².